The molecule has 0 spiro atoms. The van der Waals surface area contributed by atoms with Gasteiger partial charge in [-0.2, -0.15) is 0 Å². The van der Waals surface area contributed by atoms with Gasteiger partial charge in [-0.1, -0.05) is 127 Å². The Hall–Kier alpha value is -5.66. The van der Waals surface area contributed by atoms with E-state index in [4.69, 9.17) is 0 Å². The standard InChI is InChI=1S/C42H27N/c1-3-13-28(14-4-1)43(29-15-5-2-6-16-29)30-25-26-35-39-24-12-22-37-32-18-8-7-17-31(32)36-21-11-23-38(41(36)42(37)39)33-19-9-10-20-34(33)40(35)27-30/h1-27H. The van der Waals surface area contributed by atoms with E-state index in [-0.39, 0.29) is 0 Å². The lowest BCUT2D eigenvalue weighted by molar-refractivity contribution is 1.29. The highest BCUT2D eigenvalue weighted by atomic mass is 15.1. The summed E-state index contributed by atoms with van der Waals surface area (Å²) in [4.78, 5) is 2.35. The maximum atomic E-state index is 2.39. The van der Waals surface area contributed by atoms with Crippen LogP contribution in [0.1, 0.15) is 0 Å². The van der Waals surface area contributed by atoms with Crippen LogP contribution < -0.4 is 4.90 Å². The molecule has 9 aromatic rings. The van der Waals surface area contributed by atoms with Gasteiger partial charge < -0.3 is 4.90 Å². The van der Waals surface area contributed by atoms with Crippen molar-refractivity contribution in [1.82, 2.24) is 0 Å². The van der Waals surface area contributed by atoms with Crippen molar-refractivity contribution >= 4 is 81.7 Å². The summed E-state index contributed by atoms with van der Waals surface area (Å²) >= 11 is 0. The molecule has 0 aliphatic heterocycles. The first kappa shape index (κ1) is 24.0. The second-order valence-electron chi connectivity index (χ2n) is 11.3. The van der Waals surface area contributed by atoms with E-state index in [0.29, 0.717) is 0 Å². The molecule has 0 unspecified atom stereocenters. The molecule has 0 bridgehead atoms. The van der Waals surface area contributed by atoms with Gasteiger partial charge in [-0.05, 0) is 101 Å². The van der Waals surface area contributed by atoms with Gasteiger partial charge in [-0.15, -0.1) is 0 Å². The highest BCUT2D eigenvalue weighted by molar-refractivity contribution is 6.38. The lowest BCUT2D eigenvalue weighted by Crippen LogP contribution is -2.09. The van der Waals surface area contributed by atoms with E-state index in [0.717, 1.165) is 17.1 Å². The van der Waals surface area contributed by atoms with Gasteiger partial charge in [0.2, 0.25) is 0 Å². The fourth-order valence-corrected chi connectivity index (χ4v) is 7.18. The normalized spacial score (nSPS) is 11.7. The van der Waals surface area contributed by atoms with Crippen molar-refractivity contribution < 1.29 is 0 Å². The van der Waals surface area contributed by atoms with Crippen LogP contribution in [-0.4, -0.2) is 0 Å². The number of benzene rings is 8. The third-order valence-corrected chi connectivity index (χ3v) is 8.97. The van der Waals surface area contributed by atoms with E-state index in [2.05, 4.69) is 169 Å². The van der Waals surface area contributed by atoms with E-state index in [1.54, 1.807) is 0 Å². The Kier molecular flexibility index (Phi) is 5.27. The maximum Gasteiger partial charge on any atom is 0.0468 e. The molecule has 9 rings (SSSR count). The summed E-state index contributed by atoms with van der Waals surface area (Å²) in [6.07, 6.45) is 0. The monoisotopic (exact) mass is 545 g/mol. The summed E-state index contributed by atoms with van der Waals surface area (Å²) in [6.45, 7) is 0. The second-order valence-corrected chi connectivity index (χ2v) is 11.3. The number of para-hydroxylation sites is 2. The summed E-state index contributed by atoms with van der Waals surface area (Å²) in [5.41, 5.74) is 3.41. The minimum absolute atomic E-state index is 1.13. The molecule has 0 aliphatic carbocycles. The summed E-state index contributed by atoms with van der Waals surface area (Å²) < 4.78 is 0. The molecular formula is C42H27N. The van der Waals surface area contributed by atoms with E-state index < -0.39 is 0 Å². The van der Waals surface area contributed by atoms with Crippen LogP contribution >= 0.6 is 0 Å². The molecule has 0 heterocycles. The predicted octanol–water partition coefficient (Wildman–Crippen LogP) is 12.1. The summed E-state index contributed by atoms with van der Waals surface area (Å²) in [5, 5.41) is 15.5. The lowest BCUT2D eigenvalue weighted by Gasteiger charge is -2.26. The summed E-state index contributed by atoms with van der Waals surface area (Å²) in [5.74, 6) is 0. The zero-order chi connectivity index (χ0) is 28.3. The first-order valence-electron chi connectivity index (χ1n) is 14.9. The van der Waals surface area contributed by atoms with Crippen LogP contribution in [0, 0.1) is 0 Å². The fourth-order valence-electron chi connectivity index (χ4n) is 7.18. The van der Waals surface area contributed by atoms with Crippen molar-refractivity contribution in [3.8, 4) is 0 Å². The molecule has 1 nitrogen and oxygen atoms in total. The van der Waals surface area contributed by atoms with E-state index >= 15 is 0 Å². The maximum absolute atomic E-state index is 2.39. The first-order chi connectivity index (χ1) is 21.4. The molecule has 200 valence electrons. The highest BCUT2D eigenvalue weighted by Crippen LogP contribution is 2.45. The van der Waals surface area contributed by atoms with Gasteiger partial charge in [0.05, 0.1) is 0 Å². The Balaban J connectivity index is 1.51. The third-order valence-electron chi connectivity index (χ3n) is 8.97. The van der Waals surface area contributed by atoms with Gasteiger partial charge in [0.15, 0.2) is 0 Å². The zero-order valence-electron chi connectivity index (χ0n) is 23.5. The Bertz CT molecular complexity index is 2460. The van der Waals surface area contributed by atoms with E-state index in [1.807, 2.05) is 0 Å². The van der Waals surface area contributed by atoms with Gasteiger partial charge in [0, 0.05) is 17.1 Å². The van der Waals surface area contributed by atoms with Crippen molar-refractivity contribution in [2.45, 2.75) is 0 Å². The Morgan fingerprint density at radius 2 is 0.581 bits per heavy atom. The number of rotatable bonds is 3. The molecule has 0 amide bonds. The van der Waals surface area contributed by atoms with Gasteiger partial charge in [0.25, 0.3) is 0 Å². The topological polar surface area (TPSA) is 3.24 Å². The van der Waals surface area contributed by atoms with Crippen molar-refractivity contribution in [2.75, 3.05) is 4.90 Å². The quantitative estimate of drug-likeness (QED) is 0.200. The number of fused-ring (bicyclic) bond motifs is 8. The highest BCUT2D eigenvalue weighted by Gasteiger charge is 2.17. The van der Waals surface area contributed by atoms with Crippen molar-refractivity contribution in [1.29, 1.82) is 0 Å². The van der Waals surface area contributed by atoms with E-state index in [1.165, 1.54) is 64.6 Å². The third kappa shape index (κ3) is 3.58. The van der Waals surface area contributed by atoms with Crippen LogP contribution in [0.2, 0.25) is 0 Å². The predicted molar refractivity (Wildman–Crippen MR) is 186 cm³/mol. The zero-order valence-corrected chi connectivity index (χ0v) is 23.5. The fraction of sp³-hybridized carbons (Fsp3) is 0. The molecule has 0 atom stereocenters. The number of nitrogens with zero attached hydrogens (tertiary/aromatic N) is 1. The SMILES string of the molecule is c1ccc(N(c2ccccc2)c2ccc3c(c2)c2ccccc2c2cccc4c5ccccc5c5cccc3c5c24)cc1. The molecule has 0 saturated heterocycles. The van der Waals surface area contributed by atoms with Crippen LogP contribution in [0.4, 0.5) is 17.1 Å². The minimum atomic E-state index is 1.13. The summed E-state index contributed by atoms with van der Waals surface area (Å²) in [7, 11) is 0. The number of hydrogen-bond donors (Lipinski definition) is 0. The van der Waals surface area contributed by atoms with Crippen LogP contribution in [0.5, 0.6) is 0 Å². The molecule has 0 saturated carbocycles. The summed E-state index contributed by atoms with van der Waals surface area (Å²) in [6, 6.07) is 59.8. The molecule has 0 fully saturated rings. The number of hydrogen-bond acceptors (Lipinski definition) is 1. The van der Waals surface area contributed by atoms with Gasteiger partial charge in [0.1, 0.15) is 0 Å². The average molecular weight is 546 g/mol. The van der Waals surface area contributed by atoms with Gasteiger partial charge in [-0.25, -0.2) is 0 Å². The smallest absolute Gasteiger partial charge is 0.0468 e. The van der Waals surface area contributed by atoms with Crippen molar-refractivity contribution in [2.24, 2.45) is 0 Å². The molecule has 0 radical (unpaired) electrons. The van der Waals surface area contributed by atoms with Gasteiger partial charge >= 0.3 is 0 Å². The minimum Gasteiger partial charge on any atom is -0.310 e. The second kappa shape index (κ2) is 9.44. The van der Waals surface area contributed by atoms with Gasteiger partial charge in [-0.3, -0.25) is 0 Å². The van der Waals surface area contributed by atoms with Crippen molar-refractivity contribution in [3.63, 3.8) is 0 Å². The Morgan fingerprint density at radius 1 is 0.233 bits per heavy atom. The molecule has 0 N–H and O–H groups in total. The molecule has 1 heteroatoms. The van der Waals surface area contributed by atoms with Crippen LogP contribution in [0.15, 0.2) is 164 Å². The first-order valence-corrected chi connectivity index (χ1v) is 14.9. The number of anilines is 3. The molecule has 0 aliphatic rings. The molecule has 9 aromatic carbocycles. The molecular weight excluding hydrogens is 518 g/mol. The van der Waals surface area contributed by atoms with E-state index in [9.17, 15) is 0 Å². The lowest BCUT2D eigenvalue weighted by atomic mass is 9.87. The van der Waals surface area contributed by atoms with Crippen LogP contribution in [-0.2, 0) is 0 Å². The van der Waals surface area contributed by atoms with Crippen LogP contribution in [0.25, 0.3) is 64.6 Å². The molecule has 43 heavy (non-hydrogen) atoms. The Morgan fingerprint density at radius 3 is 1.02 bits per heavy atom. The average Bonchev–Trinajstić information content (AvgIpc) is 3.08. The Labute approximate surface area is 249 Å². The molecule has 0 aromatic heterocycles. The van der Waals surface area contributed by atoms with Crippen LogP contribution in [0.3, 0.4) is 0 Å². The largest absolute Gasteiger partial charge is 0.310 e. The van der Waals surface area contributed by atoms with Crippen molar-refractivity contribution in [3.05, 3.63) is 164 Å².